The SMILES string of the molecule is O=C(Cc1ccccc1)N[C@@H](CO)c1ccccc1. The van der Waals surface area contributed by atoms with E-state index < -0.39 is 0 Å². The average Bonchev–Trinajstić information content (AvgIpc) is 2.47. The quantitative estimate of drug-likeness (QED) is 0.859. The van der Waals surface area contributed by atoms with Crippen LogP contribution in [0.5, 0.6) is 0 Å². The van der Waals surface area contributed by atoms with E-state index in [9.17, 15) is 9.90 Å². The molecule has 0 aliphatic carbocycles. The van der Waals surface area contributed by atoms with Crippen molar-refractivity contribution in [2.24, 2.45) is 0 Å². The Labute approximate surface area is 112 Å². The highest BCUT2D eigenvalue weighted by Crippen LogP contribution is 2.12. The van der Waals surface area contributed by atoms with Crippen molar-refractivity contribution in [2.45, 2.75) is 12.5 Å². The van der Waals surface area contributed by atoms with Gasteiger partial charge in [0.2, 0.25) is 5.91 Å². The first-order valence-electron chi connectivity index (χ1n) is 6.28. The second kappa shape index (κ2) is 6.71. The molecule has 2 aromatic rings. The Hall–Kier alpha value is -2.13. The highest BCUT2D eigenvalue weighted by atomic mass is 16.3. The van der Waals surface area contributed by atoms with Crippen LogP contribution in [0, 0.1) is 0 Å². The van der Waals surface area contributed by atoms with E-state index in [0.717, 1.165) is 11.1 Å². The fourth-order valence-electron chi connectivity index (χ4n) is 1.95. The highest BCUT2D eigenvalue weighted by Gasteiger charge is 2.13. The van der Waals surface area contributed by atoms with Crippen LogP contribution in [0.2, 0.25) is 0 Å². The van der Waals surface area contributed by atoms with Crippen molar-refractivity contribution >= 4 is 5.91 Å². The number of rotatable bonds is 5. The molecule has 2 N–H and O–H groups in total. The van der Waals surface area contributed by atoms with Crippen molar-refractivity contribution in [1.29, 1.82) is 0 Å². The van der Waals surface area contributed by atoms with Gasteiger partial charge in [-0.05, 0) is 11.1 Å². The molecule has 3 nitrogen and oxygen atoms in total. The highest BCUT2D eigenvalue weighted by molar-refractivity contribution is 5.79. The van der Waals surface area contributed by atoms with Gasteiger partial charge in [-0.1, -0.05) is 60.7 Å². The summed E-state index contributed by atoms with van der Waals surface area (Å²) < 4.78 is 0. The summed E-state index contributed by atoms with van der Waals surface area (Å²) in [5.41, 5.74) is 1.87. The van der Waals surface area contributed by atoms with Gasteiger partial charge in [0, 0.05) is 0 Å². The maximum Gasteiger partial charge on any atom is 0.224 e. The molecule has 0 heterocycles. The van der Waals surface area contributed by atoms with Crippen LogP contribution in [0.25, 0.3) is 0 Å². The van der Waals surface area contributed by atoms with Crippen molar-refractivity contribution in [2.75, 3.05) is 6.61 Å². The molecular formula is C16H17NO2. The average molecular weight is 255 g/mol. The van der Waals surface area contributed by atoms with Gasteiger partial charge in [-0.25, -0.2) is 0 Å². The van der Waals surface area contributed by atoms with E-state index in [-0.39, 0.29) is 18.6 Å². The molecule has 0 aliphatic rings. The summed E-state index contributed by atoms with van der Waals surface area (Å²) in [4.78, 5) is 11.9. The van der Waals surface area contributed by atoms with Crippen molar-refractivity contribution < 1.29 is 9.90 Å². The van der Waals surface area contributed by atoms with Gasteiger partial charge < -0.3 is 10.4 Å². The van der Waals surface area contributed by atoms with Gasteiger partial charge in [0.25, 0.3) is 0 Å². The van der Waals surface area contributed by atoms with E-state index >= 15 is 0 Å². The number of hydrogen-bond acceptors (Lipinski definition) is 2. The predicted octanol–water partition coefficient (Wildman–Crippen LogP) is 2.08. The summed E-state index contributed by atoms with van der Waals surface area (Å²) in [5, 5.41) is 12.2. The van der Waals surface area contributed by atoms with Crippen LogP contribution in [0.1, 0.15) is 17.2 Å². The van der Waals surface area contributed by atoms with Gasteiger partial charge in [0.15, 0.2) is 0 Å². The van der Waals surface area contributed by atoms with Crippen LogP contribution in [0.4, 0.5) is 0 Å². The van der Waals surface area contributed by atoms with E-state index in [1.165, 1.54) is 0 Å². The van der Waals surface area contributed by atoms with Gasteiger partial charge in [-0.3, -0.25) is 4.79 Å². The zero-order chi connectivity index (χ0) is 13.5. The molecule has 0 aromatic heterocycles. The van der Waals surface area contributed by atoms with Gasteiger partial charge in [-0.15, -0.1) is 0 Å². The minimum absolute atomic E-state index is 0.0888. The Kier molecular flexibility index (Phi) is 4.70. The lowest BCUT2D eigenvalue weighted by atomic mass is 10.1. The maximum absolute atomic E-state index is 11.9. The molecule has 2 aromatic carbocycles. The summed E-state index contributed by atoms with van der Waals surface area (Å²) >= 11 is 0. The molecule has 0 saturated carbocycles. The molecule has 0 unspecified atom stereocenters. The first-order valence-corrected chi connectivity index (χ1v) is 6.28. The van der Waals surface area contributed by atoms with Crippen LogP contribution in [0.3, 0.4) is 0 Å². The van der Waals surface area contributed by atoms with Gasteiger partial charge in [0.05, 0.1) is 19.1 Å². The normalized spacial score (nSPS) is 11.8. The molecule has 3 heteroatoms. The molecule has 98 valence electrons. The van der Waals surface area contributed by atoms with Crippen molar-refractivity contribution in [3.8, 4) is 0 Å². The standard InChI is InChI=1S/C16H17NO2/c18-12-15(14-9-5-2-6-10-14)17-16(19)11-13-7-3-1-4-8-13/h1-10,15,18H,11-12H2,(H,17,19)/t15-/m0/s1. The zero-order valence-electron chi connectivity index (χ0n) is 10.6. The lowest BCUT2D eigenvalue weighted by molar-refractivity contribution is -0.121. The lowest BCUT2D eigenvalue weighted by Gasteiger charge is -2.16. The number of carbonyl (C=O) groups excluding carboxylic acids is 1. The molecule has 0 fully saturated rings. The molecular weight excluding hydrogens is 238 g/mol. The van der Waals surface area contributed by atoms with Crippen LogP contribution >= 0.6 is 0 Å². The van der Waals surface area contributed by atoms with Crippen LogP contribution in [-0.2, 0) is 11.2 Å². The topological polar surface area (TPSA) is 49.3 Å². The number of aliphatic hydroxyl groups is 1. The van der Waals surface area contributed by atoms with E-state index in [0.29, 0.717) is 6.42 Å². The molecule has 0 bridgehead atoms. The van der Waals surface area contributed by atoms with Crippen molar-refractivity contribution in [1.82, 2.24) is 5.32 Å². The van der Waals surface area contributed by atoms with E-state index in [4.69, 9.17) is 0 Å². The number of hydrogen-bond donors (Lipinski definition) is 2. The van der Waals surface area contributed by atoms with Gasteiger partial charge >= 0.3 is 0 Å². The molecule has 0 saturated heterocycles. The Morgan fingerprint density at radius 2 is 1.58 bits per heavy atom. The third-order valence-corrected chi connectivity index (χ3v) is 2.93. The molecule has 0 aliphatic heterocycles. The largest absolute Gasteiger partial charge is 0.394 e. The Morgan fingerprint density at radius 1 is 1.00 bits per heavy atom. The number of amides is 1. The summed E-state index contributed by atoms with van der Waals surface area (Å²) in [5.74, 6) is -0.0888. The van der Waals surface area contributed by atoms with Gasteiger partial charge in [-0.2, -0.15) is 0 Å². The van der Waals surface area contributed by atoms with E-state index in [1.54, 1.807) is 0 Å². The number of nitrogens with one attached hydrogen (secondary N) is 1. The first kappa shape index (κ1) is 13.3. The molecule has 0 spiro atoms. The smallest absolute Gasteiger partial charge is 0.224 e. The Bertz CT molecular complexity index is 511. The first-order chi connectivity index (χ1) is 9.29. The summed E-state index contributed by atoms with van der Waals surface area (Å²) in [7, 11) is 0. The number of carbonyl (C=O) groups is 1. The van der Waals surface area contributed by atoms with Crippen LogP contribution < -0.4 is 5.32 Å². The minimum Gasteiger partial charge on any atom is -0.394 e. The molecule has 1 atom stereocenters. The number of aliphatic hydroxyl groups excluding tert-OH is 1. The lowest BCUT2D eigenvalue weighted by Crippen LogP contribution is -2.31. The molecule has 19 heavy (non-hydrogen) atoms. The monoisotopic (exact) mass is 255 g/mol. The third kappa shape index (κ3) is 3.93. The zero-order valence-corrected chi connectivity index (χ0v) is 10.6. The summed E-state index contributed by atoms with van der Waals surface area (Å²) in [6.07, 6.45) is 0.324. The molecule has 1 amide bonds. The molecule has 2 rings (SSSR count). The van der Waals surface area contributed by atoms with Crippen LogP contribution in [0.15, 0.2) is 60.7 Å². The third-order valence-electron chi connectivity index (χ3n) is 2.93. The minimum atomic E-state index is -0.350. The fourth-order valence-corrected chi connectivity index (χ4v) is 1.95. The van der Waals surface area contributed by atoms with E-state index in [2.05, 4.69) is 5.32 Å². The van der Waals surface area contributed by atoms with E-state index in [1.807, 2.05) is 60.7 Å². The maximum atomic E-state index is 11.9. The second-order valence-electron chi connectivity index (χ2n) is 4.38. The van der Waals surface area contributed by atoms with Gasteiger partial charge in [0.1, 0.15) is 0 Å². The Morgan fingerprint density at radius 3 is 2.16 bits per heavy atom. The van der Waals surface area contributed by atoms with Crippen molar-refractivity contribution in [3.63, 3.8) is 0 Å². The fraction of sp³-hybridized carbons (Fsp3) is 0.188. The van der Waals surface area contributed by atoms with Crippen LogP contribution in [-0.4, -0.2) is 17.6 Å². The van der Waals surface area contributed by atoms with Crippen molar-refractivity contribution in [3.05, 3.63) is 71.8 Å². The predicted molar refractivity (Wildman–Crippen MR) is 74.6 cm³/mol. The summed E-state index contributed by atoms with van der Waals surface area (Å²) in [6.45, 7) is -0.107. The molecule has 0 radical (unpaired) electrons. The number of benzene rings is 2. The second-order valence-corrected chi connectivity index (χ2v) is 4.38. The Balaban J connectivity index is 1.97. The summed E-state index contributed by atoms with van der Waals surface area (Å²) in [6, 6.07) is 18.7.